The zero-order chi connectivity index (χ0) is 13.8. The number of hydrogen-bond donors (Lipinski definition) is 2. The van der Waals surface area contributed by atoms with Crippen molar-refractivity contribution in [2.45, 2.75) is 19.1 Å². The molecule has 4 nitrogen and oxygen atoms in total. The molecule has 0 bridgehead atoms. The lowest BCUT2D eigenvalue weighted by Crippen LogP contribution is -2.41. The summed E-state index contributed by atoms with van der Waals surface area (Å²) in [6, 6.07) is 5.54. The van der Waals surface area contributed by atoms with Gasteiger partial charge in [-0.25, -0.2) is 0 Å². The van der Waals surface area contributed by atoms with Gasteiger partial charge in [-0.05, 0) is 30.7 Å². The van der Waals surface area contributed by atoms with Gasteiger partial charge in [0.25, 0.3) is 0 Å². The Balaban J connectivity index is 1.90. The first-order chi connectivity index (χ1) is 9.04. The topological polar surface area (TPSA) is 58.4 Å². The van der Waals surface area contributed by atoms with Crippen LogP contribution in [0.25, 0.3) is 0 Å². The molecule has 19 heavy (non-hydrogen) atoms. The molecule has 1 unspecified atom stereocenters. The average molecular weight is 279 g/mol. The van der Waals surface area contributed by atoms with Crippen molar-refractivity contribution in [3.05, 3.63) is 23.8 Å². The summed E-state index contributed by atoms with van der Waals surface area (Å²) >= 11 is 1.97. The highest BCUT2D eigenvalue weighted by Gasteiger charge is 2.19. The highest BCUT2D eigenvalue weighted by atomic mass is 32.2. The number of aryl methyl sites for hydroxylation is 1. The molecule has 1 fully saturated rings. The zero-order valence-electron chi connectivity index (χ0n) is 11.5. The first kappa shape index (κ1) is 14.2. The van der Waals surface area contributed by atoms with Crippen molar-refractivity contribution in [1.82, 2.24) is 4.90 Å². The molecule has 0 aliphatic carbocycles. The van der Waals surface area contributed by atoms with E-state index in [4.69, 9.17) is 5.73 Å². The largest absolute Gasteiger partial charge is 0.399 e. The Morgan fingerprint density at radius 2 is 2.37 bits per heavy atom. The van der Waals surface area contributed by atoms with E-state index in [0.717, 1.165) is 35.8 Å². The predicted octanol–water partition coefficient (Wildman–Crippen LogP) is 1.95. The Morgan fingerprint density at radius 3 is 3.05 bits per heavy atom. The van der Waals surface area contributed by atoms with Crippen molar-refractivity contribution < 1.29 is 4.79 Å². The van der Waals surface area contributed by atoms with Crippen LogP contribution in [-0.4, -0.2) is 41.4 Å². The second-order valence-electron chi connectivity index (χ2n) is 5.04. The number of rotatable bonds is 3. The van der Waals surface area contributed by atoms with Crippen molar-refractivity contribution in [3.63, 3.8) is 0 Å². The summed E-state index contributed by atoms with van der Waals surface area (Å²) in [5.74, 6) is 1.15. The maximum atomic E-state index is 12.0. The highest BCUT2D eigenvalue weighted by molar-refractivity contribution is 7.99. The van der Waals surface area contributed by atoms with E-state index in [1.54, 1.807) is 0 Å². The number of nitrogens with two attached hydrogens (primary N) is 1. The summed E-state index contributed by atoms with van der Waals surface area (Å²) in [6.07, 6.45) is 0. The Morgan fingerprint density at radius 1 is 1.58 bits per heavy atom. The Hall–Kier alpha value is -1.20. The third-order valence-corrected chi connectivity index (χ3v) is 4.35. The van der Waals surface area contributed by atoms with Crippen LogP contribution in [0.4, 0.5) is 11.4 Å². The first-order valence-corrected chi connectivity index (χ1v) is 7.59. The van der Waals surface area contributed by atoms with Crippen LogP contribution in [0.2, 0.25) is 0 Å². The molecule has 0 radical (unpaired) electrons. The Labute approximate surface area is 118 Å². The van der Waals surface area contributed by atoms with E-state index in [0.29, 0.717) is 11.8 Å². The molecule has 1 atom stereocenters. The van der Waals surface area contributed by atoms with Crippen LogP contribution in [-0.2, 0) is 4.79 Å². The molecule has 1 aromatic carbocycles. The molecule has 3 N–H and O–H groups in total. The second-order valence-corrected chi connectivity index (χ2v) is 6.59. The quantitative estimate of drug-likeness (QED) is 0.830. The monoisotopic (exact) mass is 279 g/mol. The fourth-order valence-corrected chi connectivity index (χ4v) is 3.34. The SMILES string of the molecule is Cc1cc(N)ccc1NC(=O)CN1CCSC(C)C1. The molecule has 1 aromatic rings. The molecule has 1 saturated heterocycles. The molecular weight excluding hydrogens is 258 g/mol. The van der Waals surface area contributed by atoms with Crippen molar-refractivity contribution in [3.8, 4) is 0 Å². The van der Waals surface area contributed by atoms with E-state index >= 15 is 0 Å². The zero-order valence-corrected chi connectivity index (χ0v) is 12.3. The number of amides is 1. The minimum absolute atomic E-state index is 0.0481. The number of thioether (sulfide) groups is 1. The minimum Gasteiger partial charge on any atom is -0.399 e. The van der Waals surface area contributed by atoms with E-state index in [2.05, 4.69) is 17.1 Å². The van der Waals surface area contributed by atoms with Gasteiger partial charge in [0.1, 0.15) is 0 Å². The van der Waals surface area contributed by atoms with E-state index in [1.807, 2.05) is 36.9 Å². The minimum atomic E-state index is 0.0481. The number of benzene rings is 1. The molecule has 0 saturated carbocycles. The molecule has 1 amide bonds. The van der Waals surface area contributed by atoms with Crippen molar-refractivity contribution >= 4 is 29.0 Å². The lowest BCUT2D eigenvalue weighted by molar-refractivity contribution is -0.117. The molecule has 2 rings (SSSR count). The molecule has 0 spiro atoms. The van der Waals surface area contributed by atoms with Gasteiger partial charge in [-0.3, -0.25) is 9.69 Å². The summed E-state index contributed by atoms with van der Waals surface area (Å²) < 4.78 is 0. The number of nitrogen functional groups attached to an aromatic ring is 1. The normalized spacial score (nSPS) is 20.2. The van der Waals surface area contributed by atoms with Gasteiger partial charge >= 0.3 is 0 Å². The first-order valence-electron chi connectivity index (χ1n) is 6.54. The van der Waals surface area contributed by atoms with E-state index in [-0.39, 0.29) is 5.91 Å². The van der Waals surface area contributed by atoms with Crippen LogP contribution in [0.5, 0.6) is 0 Å². The smallest absolute Gasteiger partial charge is 0.238 e. The van der Waals surface area contributed by atoms with Gasteiger partial charge < -0.3 is 11.1 Å². The molecule has 5 heteroatoms. The highest BCUT2D eigenvalue weighted by Crippen LogP contribution is 2.19. The third-order valence-electron chi connectivity index (χ3n) is 3.22. The predicted molar refractivity (Wildman–Crippen MR) is 82.6 cm³/mol. The van der Waals surface area contributed by atoms with Gasteiger partial charge in [-0.2, -0.15) is 11.8 Å². The lowest BCUT2D eigenvalue weighted by Gasteiger charge is -2.29. The number of nitrogens with zero attached hydrogens (tertiary/aromatic N) is 1. The summed E-state index contributed by atoms with van der Waals surface area (Å²) in [4.78, 5) is 14.2. The van der Waals surface area contributed by atoms with Gasteiger partial charge in [0.2, 0.25) is 5.91 Å². The summed E-state index contributed by atoms with van der Waals surface area (Å²) in [7, 11) is 0. The maximum Gasteiger partial charge on any atom is 0.238 e. The average Bonchev–Trinajstić information content (AvgIpc) is 2.33. The van der Waals surface area contributed by atoms with Crippen LogP contribution in [0.3, 0.4) is 0 Å². The van der Waals surface area contributed by atoms with Gasteiger partial charge in [0.15, 0.2) is 0 Å². The third kappa shape index (κ3) is 4.14. The van der Waals surface area contributed by atoms with Crippen molar-refractivity contribution in [2.24, 2.45) is 0 Å². The number of nitrogens with one attached hydrogen (secondary N) is 1. The Bertz CT molecular complexity index is 464. The van der Waals surface area contributed by atoms with Crippen molar-refractivity contribution in [2.75, 3.05) is 36.4 Å². The molecule has 1 aliphatic rings. The van der Waals surface area contributed by atoms with Crippen LogP contribution in [0.1, 0.15) is 12.5 Å². The standard InChI is InChI=1S/C14H21N3OS/c1-10-7-12(15)3-4-13(10)16-14(18)9-17-5-6-19-11(2)8-17/h3-4,7,11H,5-6,8-9,15H2,1-2H3,(H,16,18). The molecule has 104 valence electrons. The number of hydrogen-bond acceptors (Lipinski definition) is 4. The molecule has 0 aromatic heterocycles. The van der Waals surface area contributed by atoms with Gasteiger partial charge in [-0.1, -0.05) is 6.92 Å². The summed E-state index contributed by atoms with van der Waals surface area (Å²) in [5, 5.41) is 3.57. The maximum absolute atomic E-state index is 12.0. The van der Waals surface area contributed by atoms with E-state index in [9.17, 15) is 4.79 Å². The number of carbonyl (C=O) groups is 1. The van der Waals surface area contributed by atoms with Gasteiger partial charge in [0, 0.05) is 35.5 Å². The van der Waals surface area contributed by atoms with Crippen LogP contribution in [0, 0.1) is 6.92 Å². The van der Waals surface area contributed by atoms with Crippen molar-refractivity contribution in [1.29, 1.82) is 0 Å². The van der Waals surface area contributed by atoms with Gasteiger partial charge in [-0.15, -0.1) is 0 Å². The number of carbonyl (C=O) groups excluding carboxylic acids is 1. The molecular formula is C14H21N3OS. The Kier molecular flexibility index (Phi) is 4.71. The number of anilines is 2. The summed E-state index contributed by atoms with van der Waals surface area (Å²) in [6.45, 7) is 6.60. The van der Waals surface area contributed by atoms with E-state index < -0.39 is 0 Å². The fourth-order valence-electron chi connectivity index (χ4n) is 2.25. The summed E-state index contributed by atoms with van der Waals surface area (Å²) in [5.41, 5.74) is 8.26. The van der Waals surface area contributed by atoms with Crippen LogP contribution < -0.4 is 11.1 Å². The fraction of sp³-hybridized carbons (Fsp3) is 0.500. The van der Waals surface area contributed by atoms with Crippen LogP contribution in [0.15, 0.2) is 18.2 Å². The van der Waals surface area contributed by atoms with Crippen LogP contribution >= 0.6 is 11.8 Å². The van der Waals surface area contributed by atoms with E-state index in [1.165, 1.54) is 0 Å². The molecule has 1 aliphatic heterocycles. The lowest BCUT2D eigenvalue weighted by atomic mass is 10.2. The second kappa shape index (κ2) is 6.30. The van der Waals surface area contributed by atoms with Gasteiger partial charge in [0.05, 0.1) is 6.54 Å². The molecule has 1 heterocycles.